The number of ether oxygens (including phenoxy) is 1. The number of nitrogens with zero attached hydrogens (tertiary/aromatic N) is 5. The van der Waals surface area contributed by atoms with E-state index in [9.17, 15) is 0 Å². The molecule has 0 saturated carbocycles. The molecular formula is C10H9N5O. The highest BCUT2D eigenvalue weighted by Gasteiger charge is 2.05. The summed E-state index contributed by atoms with van der Waals surface area (Å²) < 4.78 is 6.97. The zero-order valence-corrected chi connectivity index (χ0v) is 8.88. The normalized spacial score (nSPS) is 9.81. The van der Waals surface area contributed by atoms with Crippen LogP contribution in [-0.2, 0) is 7.05 Å². The van der Waals surface area contributed by atoms with Crippen molar-refractivity contribution in [2.75, 3.05) is 0 Å². The fourth-order valence-corrected chi connectivity index (χ4v) is 1.20. The van der Waals surface area contributed by atoms with Gasteiger partial charge in [0.2, 0.25) is 0 Å². The lowest BCUT2D eigenvalue weighted by atomic mass is 10.3. The lowest BCUT2D eigenvalue weighted by molar-refractivity contribution is 0.439. The van der Waals surface area contributed by atoms with Crippen molar-refractivity contribution in [3.05, 3.63) is 29.8 Å². The fraction of sp³-hybridized carbons (Fsp3) is 0.200. The summed E-state index contributed by atoms with van der Waals surface area (Å²) in [4.78, 5) is 7.99. The second-order valence-corrected chi connectivity index (χ2v) is 3.24. The molecule has 0 fully saturated rings. The lowest BCUT2D eigenvalue weighted by Crippen LogP contribution is -1.95. The van der Waals surface area contributed by atoms with Gasteiger partial charge in [-0.2, -0.15) is 15.3 Å². The van der Waals surface area contributed by atoms with Gasteiger partial charge in [0.25, 0.3) is 0 Å². The van der Waals surface area contributed by atoms with Crippen LogP contribution in [0.25, 0.3) is 0 Å². The van der Waals surface area contributed by atoms with Gasteiger partial charge in [0.05, 0.1) is 12.4 Å². The predicted octanol–water partition coefficient (Wildman–Crippen LogP) is 1.18. The van der Waals surface area contributed by atoms with Gasteiger partial charge in [0, 0.05) is 12.7 Å². The Labute approximate surface area is 92.1 Å². The summed E-state index contributed by atoms with van der Waals surface area (Å²) in [5, 5.41) is 12.7. The van der Waals surface area contributed by atoms with E-state index in [-0.39, 0.29) is 11.7 Å². The Morgan fingerprint density at radius 2 is 2.25 bits per heavy atom. The quantitative estimate of drug-likeness (QED) is 0.751. The minimum atomic E-state index is 0.157. The molecule has 0 unspecified atom stereocenters. The third-order valence-corrected chi connectivity index (χ3v) is 1.84. The Morgan fingerprint density at radius 1 is 1.44 bits per heavy atom. The smallest absolute Gasteiger partial charge is 0.323 e. The number of nitriles is 1. The molecule has 0 bridgehead atoms. The van der Waals surface area contributed by atoms with Crippen LogP contribution in [-0.4, -0.2) is 19.7 Å². The van der Waals surface area contributed by atoms with E-state index in [1.54, 1.807) is 37.1 Å². The van der Waals surface area contributed by atoms with Crippen LogP contribution in [0.4, 0.5) is 0 Å². The molecule has 2 aromatic heterocycles. The zero-order chi connectivity index (χ0) is 11.5. The molecule has 6 nitrogen and oxygen atoms in total. The Kier molecular flexibility index (Phi) is 2.52. The van der Waals surface area contributed by atoms with Crippen LogP contribution in [0.2, 0.25) is 0 Å². The van der Waals surface area contributed by atoms with Crippen molar-refractivity contribution in [1.29, 1.82) is 5.26 Å². The fourth-order valence-electron chi connectivity index (χ4n) is 1.20. The number of aromatic nitrogens is 4. The van der Waals surface area contributed by atoms with Gasteiger partial charge in [0.1, 0.15) is 11.8 Å². The van der Waals surface area contributed by atoms with Gasteiger partial charge in [-0.05, 0) is 13.0 Å². The van der Waals surface area contributed by atoms with E-state index in [0.29, 0.717) is 11.4 Å². The average molecular weight is 215 g/mol. The molecule has 0 amide bonds. The molecule has 0 radical (unpaired) electrons. The first-order valence-corrected chi connectivity index (χ1v) is 4.59. The summed E-state index contributed by atoms with van der Waals surface area (Å²) >= 11 is 0. The average Bonchev–Trinajstić information content (AvgIpc) is 2.63. The van der Waals surface area contributed by atoms with E-state index in [1.807, 2.05) is 6.07 Å². The number of rotatable bonds is 2. The van der Waals surface area contributed by atoms with Crippen molar-refractivity contribution < 1.29 is 4.74 Å². The molecule has 80 valence electrons. The first kappa shape index (κ1) is 10.1. The highest BCUT2D eigenvalue weighted by atomic mass is 16.5. The maximum absolute atomic E-state index is 8.74. The van der Waals surface area contributed by atoms with Gasteiger partial charge in [-0.3, -0.25) is 4.68 Å². The summed E-state index contributed by atoms with van der Waals surface area (Å²) in [7, 11) is 1.78. The highest BCUT2D eigenvalue weighted by molar-refractivity contribution is 5.25. The predicted molar refractivity (Wildman–Crippen MR) is 54.8 cm³/mol. The molecule has 6 heteroatoms. The van der Waals surface area contributed by atoms with Gasteiger partial charge in [-0.25, -0.2) is 4.98 Å². The molecule has 0 aliphatic heterocycles. The standard InChI is InChI=1S/C10H9N5O/c1-7-3-8(4-11)14-10(13-7)16-9-5-12-15(2)6-9/h3,5-6H,1-2H3. The Balaban J connectivity index is 2.28. The van der Waals surface area contributed by atoms with Gasteiger partial charge in [-0.15, -0.1) is 0 Å². The maximum Gasteiger partial charge on any atom is 0.323 e. The Bertz CT molecular complexity index is 555. The van der Waals surface area contributed by atoms with Crippen molar-refractivity contribution in [2.24, 2.45) is 7.05 Å². The maximum atomic E-state index is 8.74. The third kappa shape index (κ3) is 2.15. The van der Waals surface area contributed by atoms with E-state index < -0.39 is 0 Å². The summed E-state index contributed by atoms with van der Waals surface area (Å²) in [5.41, 5.74) is 0.969. The van der Waals surface area contributed by atoms with Crippen LogP contribution in [0, 0.1) is 18.3 Å². The van der Waals surface area contributed by atoms with E-state index in [0.717, 1.165) is 0 Å². The Hall–Kier alpha value is -2.42. The second kappa shape index (κ2) is 3.98. The molecule has 0 saturated heterocycles. The Morgan fingerprint density at radius 3 is 2.88 bits per heavy atom. The molecule has 0 aliphatic rings. The highest BCUT2D eigenvalue weighted by Crippen LogP contribution is 2.16. The van der Waals surface area contributed by atoms with Crippen LogP contribution < -0.4 is 4.74 Å². The number of hydrogen-bond donors (Lipinski definition) is 0. The lowest BCUT2D eigenvalue weighted by Gasteiger charge is -2.01. The molecule has 0 atom stereocenters. The van der Waals surface area contributed by atoms with Crippen LogP contribution >= 0.6 is 0 Å². The minimum absolute atomic E-state index is 0.157. The molecule has 2 heterocycles. The summed E-state index contributed by atoms with van der Waals surface area (Å²) in [6.07, 6.45) is 3.25. The summed E-state index contributed by atoms with van der Waals surface area (Å²) in [5.74, 6) is 0.539. The molecule has 0 N–H and O–H groups in total. The van der Waals surface area contributed by atoms with Gasteiger partial charge < -0.3 is 4.74 Å². The largest absolute Gasteiger partial charge is 0.421 e. The molecular weight excluding hydrogens is 206 g/mol. The summed E-state index contributed by atoms with van der Waals surface area (Å²) in [6.45, 7) is 1.78. The monoisotopic (exact) mass is 215 g/mol. The van der Waals surface area contributed by atoms with Crippen LogP contribution in [0.1, 0.15) is 11.4 Å². The van der Waals surface area contributed by atoms with Crippen LogP contribution in [0.15, 0.2) is 18.5 Å². The number of hydrogen-bond acceptors (Lipinski definition) is 5. The van der Waals surface area contributed by atoms with Gasteiger partial charge in [0.15, 0.2) is 5.75 Å². The zero-order valence-electron chi connectivity index (χ0n) is 8.88. The molecule has 2 rings (SSSR count). The van der Waals surface area contributed by atoms with Crippen molar-refractivity contribution in [3.63, 3.8) is 0 Å². The SMILES string of the molecule is Cc1cc(C#N)nc(Oc2cnn(C)c2)n1. The molecule has 2 aromatic rings. The topological polar surface area (TPSA) is 76.6 Å². The molecule has 0 aromatic carbocycles. The van der Waals surface area contributed by atoms with E-state index in [4.69, 9.17) is 10.00 Å². The number of aryl methyl sites for hydroxylation is 2. The molecule has 0 spiro atoms. The van der Waals surface area contributed by atoms with E-state index in [2.05, 4.69) is 15.1 Å². The molecule has 16 heavy (non-hydrogen) atoms. The molecule has 0 aliphatic carbocycles. The van der Waals surface area contributed by atoms with Crippen LogP contribution in [0.5, 0.6) is 11.8 Å². The third-order valence-electron chi connectivity index (χ3n) is 1.84. The van der Waals surface area contributed by atoms with Crippen LogP contribution in [0.3, 0.4) is 0 Å². The summed E-state index contributed by atoms with van der Waals surface area (Å²) in [6, 6.07) is 3.70. The van der Waals surface area contributed by atoms with Crippen molar-refractivity contribution in [3.8, 4) is 17.8 Å². The first-order valence-electron chi connectivity index (χ1n) is 4.59. The van der Waals surface area contributed by atoms with Gasteiger partial charge >= 0.3 is 6.01 Å². The van der Waals surface area contributed by atoms with Crippen molar-refractivity contribution >= 4 is 0 Å². The first-order chi connectivity index (χ1) is 7.67. The van der Waals surface area contributed by atoms with Crippen molar-refractivity contribution in [1.82, 2.24) is 19.7 Å². The van der Waals surface area contributed by atoms with E-state index in [1.165, 1.54) is 0 Å². The van der Waals surface area contributed by atoms with Crippen molar-refractivity contribution in [2.45, 2.75) is 6.92 Å². The second-order valence-electron chi connectivity index (χ2n) is 3.24. The van der Waals surface area contributed by atoms with E-state index >= 15 is 0 Å². The minimum Gasteiger partial charge on any atom is -0.421 e. The van der Waals surface area contributed by atoms with Gasteiger partial charge in [-0.1, -0.05) is 0 Å².